The lowest BCUT2D eigenvalue weighted by Gasteiger charge is -2.15. The Morgan fingerprint density at radius 2 is 0.625 bits per heavy atom. The van der Waals surface area contributed by atoms with Crippen molar-refractivity contribution in [2.45, 2.75) is 106 Å². The average molecular weight is 943 g/mol. The van der Waals surface area contributed by atoms with Crippen LogP contribution >= 0.6 is 0 Å². The van der Waals surface area contributed by atoms with Crippen molar-refractivity contribution in [3.05, 3.63) is 0 Å². The minimum absolute atomic E-state index is 0.106. The van der Waals surface area contributed by atoms with Gasteiger partial charge in [0.15, 0.2) is 12.2 Å². The molecule has 0 fully saturated rings. The number of ether oxygens (including phenoxy) is 11. The summed E-state index contributed by atoms with van der Waals surface area (Å²) in [5.41, 5.74) is 0. The second-order valence-electron chi connectivity index (χ2n) is 12.0. The lowest BCUT2D eigenvalue weighted by molar-refractivity contribution is -0.163. The third-order valence-electron chi connectivity index (χ3n) is 5.48. The normalized spacial score (nSPS) is 11.0. The monoisotopic (exact) mass is 942 g/mol. The molecular weight excluding hydrogens is 872 g/mol. The van der Waals surface area contributed by atoms with Crippen molar-refractivity contribution < 1.29 is 126 Å². The Morgan fingerprint density at radius 3 is 0.844 bits per heavy atom. The van der Waals surface area contributed by atoms with Crippen LogP contribution in [0.3, 0.4) is 0 Å². The van der Waals surface area contributed by atoms with Crippen LogP contribution in [0.2, 0.25) is 0 Å². The molecule has 0 aliphatic carbocycles. The molecular formula is C38H70O26. The van der Waals surface area contributed by atoms with E-state index in [1.165, 1.54) is 62.3 Å². The molecule has 0 bridgehead atoms. The highest BCUT2D eigenvalue weighted by atomic mass is 16.6. The summed E-state index contributed by atoms with van der Waals surface area (Å²) in [6.07, 6.45) is -3.94. The highest BCUT2D eigenvalue weighted by molar-refractivity contribution is 5.69. The fourth-order valence-corrected chi connectivity index (χ4v) is 2.75. The summed E-state index contributed by atoms with van der Waals surface area (Å²) in [6.45, 7) is 11.5. The Hall–Kier alpha value is -5.09. The van der Waals surface area contributed by atoms with Crippen molar-refractivity contribution in [3.63, 3.8) is 0 Å². The Balaban J connectivity index is -0.000000160. The smallest absolute Gasteiger partial charge is 0.303 e. The maximum atomic E-state index is 10.6. The van der Waals surface area contributed by atoms with Crippen LogP contribution in [0.1, 0.15) is 69.2 Å². The number of esters is 9. The van der Waals surface area contributed by atoms with Gasteiger partial charge in [-0.1, -0.05) is 0 Å². The molecule has 26 heteroatoms. The van der Waals surface area contributed by atoms with Crippen LogP contribution in [-0.4, -0.2) is 208 Å². The first kappa shape index (κ1) is 70.6. The molecule has 0 aliphatic heterocycles. The van der Waals surface area contributed by atoms with Gasteiger partial charge < -0.3 is 82.7 Å². The van der Waals surface area contributed by atoms with Crippen molar-refractivity contribution in [2.75, 3.05) is 86.9 Å². The largest absolute Gasteiger partial charge is 0.463 e. The van der Waals surface area contributed by atoms with Crippen LogP contribution in [0, 0.1) is 0 Å². The SMILES string of the molecule is CC(=O)OC(CO)CO.CC(=O)OCC(CO)OC(C)=O.CC(=O)OCC(COC(C)=O)OC(C)=O.CC(=O)OCC(O)CO.CC(=O)OCC(O)COC(C)=O.COCC(C)OC. The molecule has 26 nitrogen and oxygen atoms in total. The summed E-state index contributed by atoms with van der Waals surface area (Å²) in [5, 5.41) is 51.1. The molecule has 0 spiro atoms. The molecule has 0 radical (unpaired) electrons. The van der Waals surface area contributed by atoms with E-state index in [4.69, 9.17) is 44.8 Å². The molecule has 64 heavy (non-hydrogen) atoms. The number of hydrogen-bond acceptors (Lipinski definition) is 26. The van der Waals surface area contributed by atoms with Gasteiger partial charge in [-0.15, -0.1) is 0 Å². The number of hydrogen-bond donors (Lipinski definition) is 6. The van der Waals surface area contributed by atoms with Crippen molar-refractivity contribution in [1.82, 2.24) is 0 Å². The second-order valence-corrected chi connectivity index (χ2v) is 12.0. The zero-order valence-electron chi connectivity index (χ0n) is 38.6. The number of methoxy groups -OCH3 is 2. The van der Waals surface area contributed by atoms with Crippen molar-refractivity contribution >= 4 is 53.7 Å². The van der Waals surface area contributed by atoms with Gasteiger partial charge in [-0.2, -0.15) is 0 Å². The third-order valence-corrected chi connectivity index (χ3v) is 5.48. The zero-order valence-corrected chi connectivity index (χ0v) is 38.6. The van der Waals surface area contributed by atoms with E-state index >= 15 is 0 Å². The molecule has 0 aromatic rings. The van der Waals surface area contributed by atoms with Crippen LogP contribution < -0.4 is 0 Å². The van der Waals surface area contributed by atoms with Crippen molar-refractivity contribution in [3.8, 4) is 0 Å². The highest BCUT2D eigenvalue weighted by Gasteiger charge is 2.16. The van der Waals surface area contributed by atoms with Gasteiger partial charge in [0, 0.05) is 76.5 Å². The van der Waals surface area contributed by atoms with Gasteiger partial charge in [-0.05, 0) is 6.92 Å². The van der Waals surface area contributed by atoms with E-state index in [9.17, 15) is 43.2 Å². The third kappa shape index (κ3) is 71.4. The fourth-order valence-electron chi connectivity index (χ4n) is 2.75. The molecule has 0 heterocycles. The standard InChI is InChI=1S/C9H14O6.2C7H12O5.2C5H10O4.C5H12O2/c1-6(10)13-4-9(15-8(3)12)5-14-7(2)11;1-5(8)11-3-7(10)4-12-6(2)9;1-5(9)11-4-7(3-8)12-6(2)10;1-4(7)9-3-5(8)2-6;1-4(8)9-5(2-6)3-7;1-5(7-3)4-6-2/h9H,4-5H2,1-3H3;7,10H,3-4H2,1-2H3;7-8H,3-4H2,1-2H3;5-6,8H,2-3H2,1H3;5-7H,2-3H2,1H3;5H,4H2,1-3H3. The van der Waals surface area contributed by atoms with E-state index in [1.807, 2.05) is 6.92 Å². The first-order chi connectivity index (χ1) is 29.7. The van der Waals surface area contributed by atoms with E-state index in [0.717, 1.165) is 0 Å². The minimum Gasteiger partial charge on any atom is -0.463 e. The molecule has 0 aromatic carbocycles. The molecule has 0 amide bonds. The Bertz CT molecular complexity index is 1220. The first-order valence-electron chi connectivity index (χ1n) is 18.8. The van der Waals surface area contributed by atoms with Gasteiger partial charge >= 0.3 is 53.7 Å². The Morgan fingerprint density at radius 1 is 0.359 bits per heavy atom. The summed E-state index contributed by atoms with van der Waals surface area (Å²) in [4.78, 5) is 93.0. The van der Waals surface area contributed by atoms with Crippen LogP contribution in [0.5, 0.6) is 0 Å². The van der Waals surface area contributed by atoms with Crippen molar-refractivity contribution in [2.24, 2.45) is 0 Å². The van der Waals surface area contributed by atoms with Crippen LogP contribution in [0.4, 0.5) is 0 Å². The number of carbonyl (C=O) groups excluding carboxylic acids is 9. The van der Waals surface area contributed by atoms with E-state index in [0.29, 0.717) is 6.61 Å². The predicted octanol–water partition coefficient (Wildman–Crippen LogP) is -2.54. The predicted molar refractivity (Wildman–Crippen MR) is 215 cm³/mol. The molecule has 378 valence electrons. The van der Waals surface area contributed by atoms with Crippen molar-refractivity contribution in [1.29, 1.82) is 0 Å². The molecule has 0 saturated heterocycles. The first-order valence-corrected chi connectivity index (χ1v) is 18.8. The molecule has 0 aromatic heterocycles. The summed E-state index contributed by atoms with van der Waals surface area (Å²) >= 11 is 0. The maximum absolute atomic E-state index is 10.6. The number of aliphatic hydroxyl groups excluding tert-OH is 6. The van der Waals surface area contributed by atoms with Gasteiger partial charge in [0.1, 0.15) is 58.0 Å². The Labute approximate surface area is 372 Å². The van der Waals surface area contributed by atoms with Gasteiger partial charge in [-0.25, -0.2) is 0 Å². The second kappa shape index (κ2) is 48.9. The molecule has 3 unspecified atom stereocenters. The molecule has 0 aliphatic rings. The summed E-state index contributed by atoms with van der Waals surface area (Å²) in [6, 6.07) is 0. The van der Waals surface area contributed by atoms with Crippen LogP contribution in [-0.2, 0) is 95.3 Å². The minimum atomic E-state index is -0.950. The lowest BCUT2D eigenvalue weighted by atomic mass is 10.4. The summed E-state index contributed by atoms with van der Waals surface area (Å²) < 4.78 is 50.4. The molecule has 0 saturated carbocycles. The average Bonchev–Trinajstić information content (AvgIpc) is 3.20. The van der Waals surface area contributed by atoms with E-state index in [-0.39, 0.29) is 72.2 Å². The molecule has 0 rings (SSSR count). The number of carbonyl (C=O) groups is 9. The fraction of sp³-hybridized carbons (Fsp3) is 0.763. The van der Waals surface area contributed by atoms with Crippen LogP contribution in [0.25, 0.3) is 0 Å². The topological polar surface area (TPSA) is 377 Å². The van der Waals surface area contributed by atoms with Gasteiger partial charge in [0.2, 0.25) is 0 Å². The maximum Gasteiger partial charge on any atom is 0.303 e. The zero-order chi connectivity index (χ0) is 51.2. The molecule has 6 N–H and O–H groups in total. The molecule has 3 atom stereocenters. The van der Waals surface area contributed by atoms with E-state index < -0.39 is 84.2 Å². The number of aliphatic hydroxyl groups is 6. The lowest BCUT2D eigenvalue weighted by Crippen LogP contribution is -2.29. The summed E-state index contributed by atoms with van der Waals surface area (Å²) in [7, 11) is 3.33. The highest BCUT2D eigenvalue weighted by Crippen LogP contribution is 1.97. The summed E-state index contributed by atoms with van der Waals surface area (Å²) in [5.74, 6) is -4.40. The van der Waals surface area contributed by atoms with E-state index in [1.54, 1.807) is 14.2 Å². The van der Waals surface area contributed by atoms with E-state index in [2.05, 4.69) is 37.9 Å². The van der Waals surface area contributed by atoms with Gasteiger partial charge in [0.05, 0.1) is 39.1 Å². The Kier molecular flexibility index (Phi) is 54.0. The van der Waals surface area contributed by atoms with Crippen LogP contribution in [0.15, 0.2) is 0 Å². The van der Waals surface area contributed by atoms with Gasteiger partial charge in [-0.3, -0.25) is 43.2 Å². The number of rotatable bonds is 22. The quantitative estimate of drug-likeness (QED) is 0.0481. The van der Waals surface area contributed by atoms with Gasteiger partial charge in [0.25, 0.3) is 0 Å².